The molecule has 2 heterocycles. The number of aliphatic hydroxyl groups excluding tert-OH is 2. The molecule has 5 nitrogen and oxygen atoms in total. The van der Waals surface area contributed by atoms with Gasteiger partial charge in [0.05, 0.1) is 23.8 Å². The third kappa shape index (κ3) is 3.11. The molecular weight excluding hydrogens is 270 g/mol. The molecule has 0 spiro atoms. The summed E-state index contributed by atoms with van der Waals surface area (Å²) in [5.41, 5.74) is 0. The Labute approximate surface area is 113 Å². The first-order valence-electron chi connectivity index (χ1n) is 5.53. The summed E-state index contributed by atoms with van der Waals surface area (Å²) in [5, 5.41) is 24.1. The number of thiophene rings is 1. The van der Waals surface area contributed by atoms with E-state index in [1.165, 1.54) is 11.8 Å². The Bertz CT molecular complexity index is 518. The van der Waals surface area contributed by atoms with E-state index in [1.807, 2.05) is 18.5 Å². The van der Waals surface area contributed by atoms with Crippen molar-refractivity contribution in [3.05, 3.63) is 17.3 Å². The van der Waals surface area contributed by atoms with Gasteiger partial charge in [-0.05, 0) is 11.4 Å². The molecule has 0 fully saturated rings. The van der Waals surface area contributed by atoms with Crippen LogP contribution in [0.4, 0.5) is 5.82 Å². The largest absolute Gasteiger partial charge is 0.394 e. The van der Waals surface area contributed by atoms with Crippen LogP contribution in [0.25, 0.3) is 10.2 Å². The third-order valence-corrected chi connectivity index (χ3v) is 4.25. The highest BCUT2D eigenvalue weighted by Crippen LogP contribution is 2.25. The van der Waals surface area contributed by atoms with Crippen LogP contribution in [0.1, 0.15) is 5.82 Å². The molecule has 0 saturated carbocycles. The molecule has 0 amide bonds. The van der Waals surface area contributed by atoms with Crippen LogP contribution >= 0.6 is 23.1 Å². The van der Waals surface area contributed by atoms with Gasteiger partial charge in [0.1, 0.15) is 16.5 Å². The zero-order valence-corrected chi connectivity index (χ0v) is 11.6. The summed E-state index contributed by atoms with van der Waals surface area (Å²) >= 11 is 3.10. The number of aromatic nitrogens is 2. The Hall–Kier alpha value is -0.890. The van der Waals surface area contributed by atoms with E-state index in [9.17, 15) is 5.11 Å². The van der Waals surface area contributed by atoms with E-state index in [-0.39, 0.29) is 6.61 Å². The van der Waals surface area contributed by atoms with Crippen molar-refractivity contribution in [3.63, 3.8) is 0 Å². The van der Waals surface area contributed by atoms with E-state index in [4.69, 9.17) is 5.11 Å². The highest BCUT2D eigenvalue weighted by atomic mass is 32.2. The minimum atomic E-state index is -0.677. The zero-order chi connectivity index (χ0) is 13.0. The lowest BCUT2D eigenvalue weighted by Gasteiger charge is -2.07. The van der Waals surface area contributed by atoms with Gasteiger partial charge in [0, 0.05) is 12.8 Å². The van der Waals surface area contributed by atoms with Crippen LogP contribution in [0.3, 0.4) is 0 Å². The highest BCUT2D eigenvalue weighted by Gasteiger charge is 2.09. The van der Waals surface area contributed by atoms with Crippen molar-refractivity contribution < 1.29 is 10.2 Å². The van der Waals surface area contributed by atoms with E-state index in [2.05, 4.69) is 15.3 Å². The van der Waals surface area contributed by atoms with E-state index in [0.29, 0.717) is 11.5 Å². The van der Waals surface area contributed by atoms with Crippen molar-refractivity contribution in [1.82, 2.24) is 9.97 Å². The van der Waals surface area contributed by atoms with Crippen molar-refractivity contribution in [1.29, 1.82) is 0 Å². The minimum absolute atomic E-state index is 0.209. The van der Waals surface area contributed by atoms with Crippen LogP contribution < -0.4 is 5.32 Å². The predicted molar refractivity (Wildman–Crippen MR) is 76.2 cm³/mol. The molecule has 2 rings (SSSR count). The molecule has 1 atom stereocenters. The minimum Gasteiger partial charge on any atom is -0.394 e. The van der Waals surface area contributed by atoms with Crippen LogP contribution in [0, 0.1) is 0 Å². The summed E-state index contributed by atoms with van der Waals surface area (Å²) in [6.45, 7) is -0.209. The van der Waals surface area contributed by atoms with Gasteiger partial charge < -0.3 is 15.5 Å². The second-order valence-electron chi connectivity index (χ2n) is 3.73. The van der Waals surface area contributed by atoms with Crippen LogP contribution in [0.15, 0.2) is 11.4 Å². The van der Waals surface area contributed by atoms with Crippen molar-refractivity contribution >= 4 is 39.1 Å². The molecule has 7 heteroatoms. The molecule has 0 aliphatic rings. The van der Waals surface area contributed by atoms with Gasteiger partial charge in [-0.2, -0.15) is 11.8 Å². The van der Waals surface area contributed by atoms with Crippen molar-refractivity contribution in [2.75, 3.05) is 24.7 Å². The maximum atomic E-state index is 9.25. The first kappa shape index (κ1) is 13.5. The van der Waals surface area contributed by atoms with Crippen LogP contribution in [-0.2, 0) is 5.75 Å². The molecule has 0 radical (unpaired) electrons. The molecule has 3 N–H and O–H groups in total. The lowest BCUT2D eigenvalue weighted by molar-refractivity contribution is 0.113. The van der Waals surface area contributed by atoms with Gasteiger partial charge in [0.25, 0.3) is 0 Å². The predicted octanol–water partition coefficient (Wildman–Crippen LogP) is 1.32. The Balaban J connectivity index is 2.08. The van der Waals surface area contributed by atoms with Crippen molar-refractivity contribution in [2.45, 2.75) is 11.9 Å². The lowest BCUT2D eigenvalue weighted by Crippen LogP contribution is -2.14. The maximum absolute atomic E-state index is 9.25. The number of nitrogens with zero attached hydrogens (tertiary/aromatic N) is 2. The monoisotopic (exact) mass is 285 g/mol. The normalized spacial score (nSPS) is 12.8. The Morgan fingerprint density at radius 1 is 1.50 bits per heavy atom. The fourth-order valence-electron chi connectivity index (χ4n) is 1.49. The van der Waals surface area contributed by atoms with E-state index >= 15 is 0 Å². The number of hydrogen-bond donors (Lipinski definition) is 3. The maximum Gasteiger partial charge on any atom is 0.142 e. The number of aliphatic hydroxyl groups is 2. The van der Waals surface area contributed by atoms with Gasteiger partial charge in [-0.1, -0.05) is 0 Å². The van der Waals surface area contributed by atoms with Gasteiger partial charge in [-0.3, -0.25) is 0 Å². The van der Waals surface area contributed by atoms with E-state index in [0.717, 1.165) is 21.9 Å². The first-order valence-corrected chi connectivity index (χ1v) is 7.56. The number of hydrogen-bond acceptors (Lipinski definition) is 7. The average molecular weight is 285 g/mol. The molecule has 2 aromatic heterocycles. The van der Waals surface area contributed by atoms with Gasteiger partial charge in [0.2, 0.25) is 0 Å². The first-order chi connectivity index (χ1) is 8.74. The van der Waals surface area contributed by atoms with E-state index < -0.39 is 6.10 Å². The average Bonchev–Trinajstić information content (AvgIpc) is 2.85. The number of nitrogens with one attached hydrogen (secondary N) is 1. The summed E-state index contributed by atoms with van der Waals surface area (Å²) < 4.78 is 0. The molecule has 0 aromatic carbocycles. The SMILES string of the molecule is CNc1nc(CSCC(O)CO)nc2sccc12. The second-order valence-corrected chi connectivity index (χ2v) is 5.65. The Kier molecular flexibility index (Phi) is 4.76. The summed E-state index contributed by atoms with van der Waals surface area (Å²) in [7, 11) is 1.84. The summed E-state index contributed by atoms with van der Waals surface area (Å²) in [5.74, 6) is 2.68. The molecule has 98 valence electrons. The Morgan fingerprint density at radius 3 is 3.06 bits per heavy atom. The molecule has 2 aromatic rings. The molecule has 0 bridgehead atoms. The highest BCUT2D eigenvalue weighted by molar-refractivity contribution is 7.98. The molecule has 0 aliphatic carbocycles. The van der Waals surface area contributed by atoms with Crippen LogP contribution in [0.2, 0.25) is 0 Å². The quantitative estimate of drug-likeness (QED) is 0.743. The topological polar surface area (TPSA) is 78.3 Å². The fraction of sp³-hybridized carbons (Fsp3) is 0.455. The number of rotatable bonds is 6. The van der Waals surface area contributed by atoms with Crippen molar-refractivity contribution in [3.8, 4) is 0 Å². The van der Waals surface area contributed by atoms with Gasteiger partial charge in [0.15, 0.2) is 0 Å². The second kappa shape index (κ2) is 6.33. The molecule has 1 unspecified atom stereocenters. The van der Waals surface area contributed by atoms with Gasteiger partial charge >= 0.3 is 0 Å². The molecule has 0 aliphatic heterocycles. The van der Waals surface area contributed by atoms with E-state index in [1.54, 1.807) is 11.3 Å². The van der Waals surface area contributed by atoms with Crippen LogP contribution in [0.5, 0.6) is 0 Å². The zero-order valence-electron chi connectivity index (χ0n) is 9.96. The number of thioether (sulfide) groups is 1. The standard InChI is InChI=1S/C11H15N3O2S2/c1-12-10-8-2-3-18-11(8)14-9(13-10)6-17-5-7(16)4-15/h2-3,7,15-16H,4-6H2,1H3,(H,12,13,14). The lowest BCUT2D eigenvalue weighted by atomic mass is 10.4. The molecular formula is C11H15N3O2S2. The Morgan fingerprint density at radius 2 is 2.33 bits per heavy atom. The third-order valence-electron chi connectivity index (χ3n) is 2.36. The van der Waals surface area contributed by atoms with Crippen LogP contribution in [-0.4, -0.2) is 45.7 Å². The number of anilines is 1. The van der Waals surface area contributed by atoms with Gasteiger partial charge in [-0.25, -0.2) is 9.97 Å². The summed E-state index contributed by atoms with van der Waals surface area (Å²) in [4.78, 5) is 9.87. The molecule has 0 saturated heterocycles. The number of fused-ring (bicyclic) bond motifs is 1. The molecule has 18 heavy (non-hydrogen) atoms. The van der Waals surface area contributed by atoms with Crippen molar-refractivity contribution in [2.24, 2.45) is 0 Å². The summed E-state index contributed by atoms with van der Waals surface area (Å²) in [6, 6.07) is 2.00. The van der Waals surface area contributed by atoms with Gasteiger partial charge in [-0.15, -0.1) is 11.3 Å². The smallest absolute Gasteiger partial charge is 0.142 e. The fourth-order valence-corrected chi connectivity index (χ4v) is 3.08. The summed E-state index contributed by atoms with van der Waals surface area (Å²) in [6.07, 6.45) is -0.677.